The van der Waals surface area contributed by atoms with Crippen LogP contribution >= 0.6 is 0 Å². The SMILES string of the molecule is Fc1ccc(C(NC2CCCOC2)c2ncon2)cc1F. The molecule has 1 saturated heterocycles. The molecule has 0 spiro atoms. The summed E-state index contributed by atoms with van der Waals surface area (Å²) in [6.45, 7) is 1.31. The first-order chi connectivity index (χ1) is 10.2. The van der Waals surface area contributed by atoms with Crippen molar-refractivity contribution in [2.24, 2.45) is 0 Å². The maximum atomic E-state index is 13.5. The van der Waals surface area contributed by atoms with Gasteiger partial charge in [0.2, 0.25) is 6.39 Å². The van der Waals surface area contributed by atoms with Gasteiger partial charge in [0.1, 0.15) is 0 Å². The standard InChI is InChI=1S/C14H15F2N3O2/c15-11-4-3-9(6-12(11)16)13(14-17-8-21-19-14)18-10-2-1-5-20-7-10/h3-4,6,8,10,13,18H,1-2,5,7H2. The molecule has 1 fully saturated rings. The van der Waals surface area contributed by atoms with Crippen molar-refractivity contribution in [3.8, 4) is 0 Å². The zero-order valence-corrected chi connectivity index (χ0v) is 11.3. The van der Waals surface area contributed by atoms with E-state index in [1.54, 1.807) is 0 Å². The number of nitrogens with zero attached hydrogens (tertiary/aromatic N) is 2. The van der Waals surface area contributed by atoms with Crippen molar-refractivity contribution < 1.29 is 18.0 Å². The van der Waals surface area contributed by atoms with Gasteiger partial charge in [0.15, 0.2) is 17.5 Å². The van der Waals surface area contributed by atoms with Crippen LogP contribution in [0.3, 0.4) is 0 Å². The van der Waals surface area contributed by atoms with Crippen LogP contribution in [0.1, 0.15) is 30.3 Å². The van der Waals surface area contributed by atoms with E-state index in [1.165, 1.54) is 12.5 Å². The third-order valence-corrected chi connectivity index (χ3v) is 3.48. The highest BCUT2D eigenvalue weighted by Gasteiger charge is 2.24. The number of nitrogens with one attached hydrogen (secondary N) is 1. The van der Waals surface area contributed by atoms with Crippen LogP contribution in [0.2, 0.25) is 0 Å². The summed E-state index contributed by atoms with van der Waals surface area (Å²) in [7, 11) is 0. The lowest BCUT2D eigenvalue weighted by Gasteiger charge is -2.27. The third-order valence-electron chi connectivity index (χ3n) is 3.48. The molecule has 1 aliphatic rings. The van der Waals surface area contributed by atoms with Crippen LogP contribution in [0.5, 0.6) is 0 Å². The average Bonchev–Trinajstić information content (AvgIpc) is 3.03. The monoisotopic (exact) mass is 295 g/mol. The fourth-order valence-corrected chi connectivity index (χ4v) is 2.43. The molecule has 2 atom stereocenters. The Labute approximate surface area is 120 Å². The maximum Gasteiger partial charge on any atom is 0.213 e. The Morgan fingerprint density at radius 2 is 2.19 bits per heavy atom. The van der Waals surface area contributed by atoms with Crippen molar-refractivity contribution in [2.45, 2.75) is 24.9 Å². The van der Waals surface area contributed by atoms with Crippen molar-refractivity contribution in [3.05, 3.63) is 47.6 Å². The fraction of sp³-hybridized carbons (Fsp3) is 0.429. The van der Waals surface area contributed by atoms with Crippen LogP contribution in [0.15, 0.2) is 29.1 Å². The molecule has 1 aromatic heterocycles. The molecule has 1 N–H and O–H groups in total. The first kappa shape index (κ1) is 14.1. The van der Waals surface area contributed by atoms with Crippen molar-refractivity contribution in [2.75, 3.05) is 13.2 Å². The predicted octanol–water partition coefficient (Wildman–Crippen LogP) is 2.21. The Morgan fingerprint density at radius 1 is 1.29 bits per heavy atom. The maximum absolute atomic E-state index is 13.5. The normalized spacial score (nSPS) is 20.4. The van der Waals surface area contributed by atoms with Gasteiger partial charge in [0.25, 0.3) is 0 Å². The Bertz CT molecular complexity index is 586. The highest BCUT2D eigenvalue weighted by Crippen LogP contribution is 2.23. The van der Waals surface area contributed by atoms with Gasteiger partial charge in [-0.15, -0.1) is 0 Å². The molecule has 0 bridgehead atoms. The minimum Gasteiger partial charge on any atom is -0.380 e. The van der Waals surface area contributed by atoms with Gasteiger partial charge in [-0.1, -0.05) is 11.2 Å². The molecular weight excluding hydrogens is 280 g/mol. The quantitative estimate of drug-likeness (QED) is 0.937. The molecule has 3 rings (SSSR count). The van der Waals surface area contributed by atoms with Gasteiger partial charge >= 0.3 is 0 Å². The lowest BCUT2D eigenvalue weighted by atomic mass is 10.0. The van der Waals surface area contributed by atoms with E-state index in [-0.39, 0.29) is 6.04 Å². The molecule has 5 nitrogen and oxygen atoms in total. The zero-order valence-electron chi connectivity index (χ0n) is 11.3. The van der Waals surface area contributed by atoms with Crippen LogP contribution in [-0.2, 0) is 4.74 Å². The molecule has 2 heterocycles. The molecule has 2 aromatic rings. The first-order valence-corrected chi connectivity index (χ1v) is 6.79. The van der Waals surface area contributed by atoms with E-state index in [1.807, 2.05) is 0 Å². The fourth-order valence-electron chi connectivity index (χ4n) is 2.43. The van der Waals surface area contributed by atoms with E-state index in [2.05, 4.69) is 15.5 Å². The van der Waals surface area contributed by atoms with Crippen molar-refractivity contribution in [1.82, 2.24) is 15.5 Å². The highest BCUT2D eigenvalue weighted by molar-refractivity contribution is 5.26. The Kier molecular flexibility index (Phi) is 4.21. The number of aromatic nitrogens is 2. The van der Waals surface area contributed by atoms with Crippen LogP contribution < -0.4 is 5.32 Å². The smallest absolute Gasteiger partial charge is 0.213 e. The summed E-state index contributed by atoms with van der Waals surface area (Å²) in [5, 5.41) is 7.13. The molecule has 21 heavy (non-hydrogen) atoms. The minimum atomic E-state index is -0.900. The van der Waals surface area contributed by atoms with E-state index in [9.17, 15) is 8.78 Å². The summed E-state index contributed by atoms with van der Waals surface area (Å²) in [5.41, 5.74) is 0.542. The first-order valence-electron chi connectivity index (χ1n) is 6.79. The van der Waals surface area contributed by atoms with Gasteiger partial charge < -0.3 is 9.26 Å². The van der Waals surface area contributed by atoms with Crippen molar-refractivity contribution in [3.63, 3.8) is 0 Å². The topological polar surface area (TPSA) is 60.2 Å². The summed E-state index contributed by atoms with van der Waals surface area (Å²) in [6.07, 6.45) is 3.10. The van der Waals surface area contributed by atoms with Gasteiger partial charge in [0.05, 0.1) is 12.6 Å². The molecule has 1 aliphatic heterocycles. The number of ether oxygens (including phenoxy) is 1. The van der Waals surface area contributed by atoms with E-state index in [4.69, 9.17) is 9.26 Å². The molecular formula is C14H15F2N3O2. The van der Waals surface area contributed by atoms with E-state index < -0.39 is 17.7 Å². The van der Waals surface area contributed by atoms with Crippen molar-refractivity contribution >= 4 is 0 Å². The van der Waals surface area contributed by atoms with Gasteiger partial charge in [0, 0.05) is 12.6 Å². The molecule has 0 radical (unpaired) electrons. The predicted molar refractivity (Wildman–Crippen MR) is 69.5 cm³/mol. The van der Waals surface area contributed by atoms with E-state index in [0.717, 1.165) is 31.6 Å². The van der Waals surface area contributed by atoms with Crippen LogP contribution in [0.25, 0.3) is 0 Å². The summed E-state index contributed by atoms with van der Waals surface area (Å²) >= 11 is 0. The number of rotatable bonds is 4. The van der Waals surface area contributed by atoms with Gasteiger partial charge in [-0.05, 0) is 30.5 Å². The second-order valence-corrected chi connectivity index (χ2v) is 4.98. The second-order valence-electron chi connectivity index (χ2n) is 4.98. The van der Waals surface area contributed by atoms with Crippen molar-refractivity contribution in [1.29, 1.82) is 0 Å². The Balaban J connectivity index is 1.86. The van der Waals surface area contributed by atoms with Gasteiger partial charge in [-0.3, -0.25) is 5.32 Å². The van der Waals surface area contributed by atoms with Crippen LogP contribution in [-0.4, -0.2) is 29.4 Å². The number of hydrogen-bond donors (Lipinski definition) is 1. The lowest BCUT2D eigenvalue weighted by Crippen LogP contribution is -2.40. The van der Waals surface area contributed by atoms with E-state index >= 15 is 0 Å². The van der Waals surface area contributed by atoms with Crippen LogP contribution in [0, 0.1) is 11.6 Å². The second kappa shape index (κ2) is 6.28. The summed E-state index contributed by atoms with van der Waals surface area (Å²) in [4.78, 5) is 4.01. The minimum absolute atomic E-state index is 0.107. The lowest BCUT2D eigenvalue weighted by molar-refractivity contribution is 0.0675. The summed E-state index contributed by atoms with van der Waals surface area (Å²) in [5.74, 6) is -1.40. The highest BCUT2D eigenvalue weighted by atomic mass is 19.2. The molecule has 0 amide bonds. The molecule has 112 valence electrons. The van der Waals surface area contributed by atoms with E-state index in [0.29, 0.717) is 18.0 Å². The van der Waals surface area contributed by atoms with Gasteiger partial charge in [-0.2, -0.15) is 4.98 Å². The number of hydrogen-bond acceptors (Lipinski definition) is 5. The Hall–Kier alpha value is -1.86. The molecule has 7 heteroatoms. The van der Waals surface area contributed by atoms with Gasteiger partial charge in [-0.25, -0.2) is 8.78 Å². The molecule has 0 saturated carbocycles. The number of halogens is 2. The molecule has 1 aromatic carbocycles. The molecule has 0 aliphatic carbocycles. The molecule has 2 unspecified atom stereocenters. The summed E-state index contributed by atoms with van der Waals surface area (Å²) in [6, 6.07) is 3.39. The van der Waals surface area contributed by atoms with Crippen LogP contribution in [0.4, 0.5) is 8.78 Å². The number of benzene rings is 1. The summed E-state index contributed by atoms with van der Waals surface area (Å²) < 4.78 is 36.7. The Morgan fingerprint density at radius 3 is 2.86 bits per heavy atom. The average molecular weight is 295 g/mol. The third kappa shape index (κ3) is 3.25. The zero-order chi connectivity index (χ0) is 14.7. The largest absolute Gasteiger partial charge is 0.380 e.